The van der Waals surface area contributed by atoms with Crippen LogP contribution in [0.25, 0.3) is 0 Å². The fraction of sp³-hybridized carbons (Fsp3) is 0.500. The monoisotopic (exact) mass is 213 g/mol. The molecule has 0 saturated heterocycles. The minimum Gasteiger partial charge on any atom is -0.394 e. The Labute approximate surface area is 56.5 Å². The molecule has 0 fully saturated rings. The quantitative estimate of drug-likeness (QED) is 0.646. The van der Waals surface area contributed by atoms with Crippen molar-refractivity contribution in [3.8, 4) is 0 Å². The lowest BCUT2D eigenvalue weighted by Crippen LogP contribution is -2.20. The molecule has 0 amide bonds. The molecule has 0 unspecified atom stereocenters. The summed E-state index contributed by atoms with van der Waals surface area (Å²) in [5.41, 5.74) is 5.24. The SMILES string of the molecule is N[C@@H](/C=C/I)CO. The van der Waals surface area contributed by atoms with Gasteiger partial charge in [-0.05, 0) is 4.08 Å². The Morgan fingerprint density at radius 2 is 2.43 bits per heavy atom. The van der Waals surface area contributed by atoms with Crippen LogP contribution in [0.1, 0.15) is 0 Å². The van der Waals surface area contributed by atoms with Crippen LogP contribution >= 0.6 is 22.6 Å². The van der Waals surface area contributed by atoms with Crippen LogP contribution in [0, 0.1) is 0 Å². The van der Waals surface area contributed by atoms with E-state index in [4.69, 9.17) is 10.8 Å². The topological polar surface area (TPSA) is 46.2 Å². The normalized spacial score (nSPS) is 15.3. The van der Waals surface area contributed by atoms with Gasteiger partial charge in [-0.1, -0.05) is 28.7 Å². The second-order valence-electron chi connectivity index (χ2n) is 1.16. The van der Waals surface area contributed by atoms with Crippen molar-refractivity contribution >= 4 is 22.6 Å². The van der Waals surface area contributed by atoms with E-state index in [-0.39, 0.29) is 12.6 Å². The summed E-state index contributed by atoms with van der Waals surface area (Å²) in [4.78, 5) is 0. The van der Waals surface area contributed by atoms with Crippen molar-refractivity contribution in [2.75, 3.05) is 6.61 Å². The number of nitrogens with two attached hydrogens (primary N) is 1. The molecule has 7 heavy (non-hydrogen) atoms. The van der Waals surface area contributed by atoms with Crippen molar-refractivity contribution in [2.45, 2.75) is 6.04 Å². The minimum absolute atomic E-state index is 0.0273. The molecule has 0 spiro atoms. The Morgan fingerprint density at radius 3 is 2.57 bits per heavy atom. The molecular weight excluding hydrogens is 205 g/mol. The fourth-order valence-corrected chi connectivity index (χ4v) is 0.688. The van der Waals surface area contributed by atoms with Gasteiger partial charge in [0.1, 0.15) is 0 Å². The fourth-order valence-electron chi connectivity index (χ4n) is 0.154. The molecule has 0 heterocycles. The van der Waals surface area contributed by atoms with Crippen molar-refractivity contribution in [1.82, 2.24) is 0 Å². The lowest BCUT2D eigenvalue weighted by Gasteiger charge is -1.95. The highest BCUT2D eigenvalue weighted by Gasteiger charge is 1.87. The summed E-state index contributed by atoms with van der Waals surface area (Å²) in [7, 11) is 0. The number of rotatable bonds is 2. The highest BCUT2D eigenvalue weighted by Crippen LogP contribution is 1.85. The van der Waals surface area contributed by atoms with Gasteiger partial charge in [0.15, 0.2) is 0 Å². The van der Waals surface area contributed by atoms with Crippen LogP contribution in [-0.4, -0.2) is 17.8 Å². The first kappa shape index (κ1) is 7.39. The molecule has 42 valence electrons. The van der Waals surface area contributed by atoms with Gasteiger partial charge in [-0.2, -0.15) is 0 Å². The average molecular weight is 213 g/mol. The predicted molar refractivity (Wildman–Crippen MR) is 38.2 cm³/mol. The van der Waals surface area contributed by atoms with Crippen LogP contribution in [-0.2, 0) is 0 Å². The summed E-state index contributed by atoms with van der Waals surface area (Å²) < 4.78 is 1.79. The molecule has 3 heteroatoms. The Balaban J connectivity index is 3.16. The molecular formula is C4H8INO. The van der Waals surface area contributed by atoms with E-state index < -0.39 is 0 Å². The van der Waals surface area contributed by atoms with Crippen LogP contribution in [0.5, 0.6) is 0 Å². The van der Waals surface area contributed by atoms with Gasteiger partial charge in [0.05, 0.1) is 6.61 Å². The lowest BCUT2D eigenvalue weighted by molar-refractivity contribution is 0.284. The Kier molecular flexibility index (Phi) is 4.80. The first-order valence-electron chi connectivity index (χ1n) is 1.94. The Bertz CT molecular complexity index is 64.7. The summed E-state index contributed by atoms with van der Waals surface area (Å²) in [6.45, 7) is 0.0273. The minimum atomic E-state index is -0.183. The van der Waals surface area contributed by atoms with Gasteiger partial charge in [0, 0.05) is 6.04 Å². The van der Waals surface area contributed by atoms with E-state index >= 15 is 0 Å². The van der Waals surface area contributed by atoms with E-state index in [0.717, 1.165) is 0 Å². The van der Waals surface area contributed by atoms with Gasteiger partial charge < -0.3 is 10.8 Å². The van der Waals surface area contributed by atoms with Crippen LogP contribution in [0.3, 0.4) is 0 Å². The second-order valence-corrected chi connectivity index (χ2v) is 1.88. The summed E-state index contributed by atoms with van der Waals surface area (Å²) in [6, 6.07) is -0.183. The van der Waals surface area contributed by atoms with E-state index in [9.17, 15) is 0 Å². The number of hydrogen-bond acceptors (Lipinski definition) is 2. The number of halogens is 1. The zero-order valence-electron chi connectivity index (χ0n) is 3.84. The van der Waals surface area contributed by atoms with E-state index in [1.165, 1.54) is 0 Å². The first-order chi connectivity index (χ1) is 3.31. The molecule has 3 N–H and O–H groups in total. The van der Waals surface area contributed by atoms with Crippen LogP contribution in [0.2, 0.25) is 0 Å². The van der Waals surface area contributed by atoms with Crippen molar-refractivity contribution in [3.63, 3.8) is 0 Å². The van der Waals surface area contributed by atoms with Crippen LogP contribution in [0.4, 0.5) is 0 Å². The maximum Gasteiger partial charge on any atom is 0.0618 e. The Morgan fingerprint density at radius 1 is 1.86 bits per heavy atom. The third-order valence-electron chi connectivity index (χ3n) is 0.531. The Hall–Kier alpha value is 0.390. The summed E-state index contributed by atoms with van der Waals surface area (Å²) in [5, 5.41) is 8.29. The molecule has 1 atom stereocenters. The predicted octanol–water partition coefficient (Wildman–Crippen LogP) is 0.255. The molecule has 0 aliphatic heterocycles. The molecule has 0 aromatic heterocycles. The van der Waals surface area contributed by atoms with Crippen LogP contribution < -0.4 is 5.73 Å². The van der Waals surface area contributed by atoms with Crippen LogP contribution in [0.15, 0.2) is 10.2 Å². The van der Waals surface area contributed by atoms with Crippen molar-refractivity contribution in [1.29, 1.82) is 0 Å². The molecule has 0 radical (unpaired) electrons. The maximum atomic E-state index is 8.29. The van der Waals surface area contributed by atoms with Gasteiger partial charge in [0.25, 0.3) is 0 Å². The van der Waals surface area contributed by atoms with Gasteiger partial charge in [0.2, 0.25) is 0 Å². The molecule has 0 bridgehead atoms. The number of hydrogen-bond donors (Lipinski definition) is 2. The number of aliphatic hydroxyl groups excluding tert-OH is 1. The molecule has 0 aromatic carbocycles. The van der Waals surface area contributed by atoms with Gasteiger partial charge in [-0.3, -0.25) is 0 Å². The van der Waals surface area contributed by atoms with E-state index in [0.29, 0.717) is 0 Å². The highest BCUT2D eigenvalue weighted by molar-refractivity contribution is 14.1. The zero-order chi connectivity index (χ0) is 5.70. The standard InChI is InChI=1S/C4H8INO/c5-2-1-4(6)3-7/h1-2,4,7H,3,6H2/b2-1+/t4-/m0/s1. The summed E-state index contributed by atoms with van der Waals surface area (Å²) in [5.74, 6) is 0. The maximum absolute atomic E-state index is 8.29. The van der Waals surface area contributed by atoms with Crippen molar-refractivity contribution in [2.24, 2.45) is 5.73 Å². The van der Waals surface area contributed by atoms with E-state index in [1.54, 1.807) is 10.2 Å². The molecule has 2 nitrogen and oxygen atoms in total. The first-order valence-corrected chi connectivity index (χ1v) is 3.19. The largest absolute Gasteiger partial charge is 0.394 e. The smallest absolute Gasteiger partial charge is 0.0618 e. The molecule has 0 rings (SSSR count). The average Bonchev–Trinajstić information content (AvgIpc) is 1.68. The van der Waals surface area contributed by atoms with E-state index in [1.807, 2.05) is 0 Å². The van der Waals surface area contributed by atoms with E-state index in [2.05, 4.69) is 22.6 Å². The zero-order valence-corrected chi connectivity index (χ0v) is 6.00. The van der Waals surface area contributed by atoms with Gasteiger partial charge in [-0.15, -0.1) is 0 Å². The highest BCUT2D eigenvalue weighted by atomic mass is 127. The molecule has 0 aromatic rings. The second kappa shape index (κ2) is 4.55. The van der Waals surface area contributed by atoms with Crippen molar-refractivity contribution in [3.05, 3.63) is 10.2 Å². The third-order valence-corrected chi connectivity index (χ3v) is 0.946. The number of aliphatic hydroxyl groups is 1. The lowest BCUT2D eigenvalue weighted by atomic mass is 10.3. The summed E-state index contributed by atoms with van der Waals surface area (Å²) in [6.07, 6.45) is 1.74. The summed E-state index contributed by atoms with van der Waals surface area (Å²) >= 11 is 2.05. The molecule has 0 aliphatic carbocycles. The van der Waals surface area contributed by atoms with Gasteiger partial charge in [-0.25, -0.2) is 0 Å². The molecule has 0 saturated carbocycles. The molecule has 0 aliphatic rings. The third kappa shape index (κ3) is 4.24. The van der Waals surface area contributed by atoms with Gasteiger partial charge >= 0.3 is 0 Å². The van der Waals surface area contributed by atoms with Crippen molar-refractivity contribution < 1.29 is 5.11 Å².